The molecule has 2 aromatic carbocycles. The van der Waals surface area contributed by atoms with E-state index in [-0.39, 0.29) is 40.8 Å². The van der Waals surface area contributed by atoms with Crippen LogP contribution in [0.5, 0.6) is 5.75 Å². The van der Waals surface area contributed by atoms with Gasteiger partial charge in [-0.3, -0.25) is 0 Å². The molecule has 3 N–H and O–H groups in total. The first-order valence-corrected chi connectivity index (χ1v) is 10.8. The van der Waals surface area contributed by atoms with Crippen molar-refractivity contribution >= 4 is 40.0 Å². The zero-order valence-electron chi connectivity index (χ0n) is 17.2. The maximum absolute atomic E-state index is 13.0. The Kier molecular flexibility index (Phi) is 11.1. The summed E-state index contributed by atoms with van der Waals surface area (Å²) in [7, 11) is -2.07. The summed E-state index contributed by atoms with van der Waals surface area (Å²) in [4.78, 5) is 4.72. The Labute approximate surface area is 194 Å². The van der Waals surface area contributed by atoms with Crippen LogP contribution in [0.15, 0.2) is 58.4 Å². The molecule has 0 saturated heterocycles. The number of hydrogen-bond acceptors (Lipinski definition) is 4. The Bertz CT molecular complexity index is 907. The van der Waals surface area contributed by atoms with Crippen LogP contribution in [0.4, 0.5) is 4.39 Å². The lowest BCUT2D eigenvalue weighted by Crippen LogP contribution is -2.41. The summed E-state index contributed by atoms with van der Waals surface area (Å²) in [6.07, 6.45) is -0.157. The van der Waals surface area contributed by atoms with Crippen molar-refractivity contribution in [3.63, 3.8) is 0 Å². The minimum absolute atomic E-state index is 0. The number of benzene rings is 2. The van der Waals surface area contributed by atoms with Gasteiger partial charge in [-0.2, -0.15) is 0 Å². The smallest absolute Gasteiger partial charge is 0.240 e. The van der Waals surface area contributed by atoms with E-state index < -0.39 is 10.0 Å². The van der Waals surface area contributed by atoms with Crippen molar-refractivity contribution in [3.8, 4) is 5.75 Å². The van der Waals surface area contributed by atoms with Crippen molar-refractivity contribution in [2.24, 2.45) is 4.99 Å². The van der Waals surface area contributed by atoms with Crippen molar-refractivity contribution in [1.29, 1.82) is 0 Å². The second-order valence-electron chi connectivity index (χ2n) is 6.31. The van der Waals surface area contributed by atoms with Gasteiger partial charge >= 0.3 is 0 Å². The van der Waals surface area contributed by atoms with Gasteiger partial charge in [0.1, 0.15) is 17.7 Å². The minimum Gasteiger partial charge on any atom is -0.489 e. The van der Waals surface area contributed by atoms with Crippen molar-refractivity contribution in [2.75, 3.05) is 20.1 Å². The minimum atomic E-state index is -3.45. The van der Waals surface area contributed by atoms with Gasteiger partial charge in [0, 0.05) is 6.54 Å². The lowest BCUT2D eigenvalue weighted by atomic mass is 10.2. The predicted octanol–water partition coefficient (Wildman–Crippen LogP) is 2.87. The van der Waals surface area contributed by atoms with E-state index in [1.165, 1.54) is 19.2 Å². The molecule has 1 atom stereocenters. The molecule has 0 aromatic heterocycles. The molecule has 30 heavy (non-hydrogen) atoms. The molecule has 0 heterocycles. The summed E-state index contributed by atoms with van der Waals surface area (Å²) < 4.78 is 44.5. The molecule has 0 aliphatic rings. The van der Waals surface area contributed by atoms with Crippen LogP contribution in [0, 0.1) is 5.82 Å². The first-order valence-electron chi connectivity index (χ1n) is 9.31. The number of rotatable bonds is 9. The summed E-state index contributed by atoms with van der Waals surface area (Å²) in [5, 5.41) is 6.35. The molecule has 0 aliphatic carbocycles. The van der Waals surface area contributed by atoms with Crippen LogP contribution in [0.2, 0.25) is 0 Å². The first kappa shape index (κ1) is 26.1. The molecule has 0 saturated carbocycles. The molecule has 2 rings (SSSR count). The van der Waals surface area contributed by atoms with Crippen molar-refractivity contribution in [1.82, 2.24) is 15.4 Å². The molecule has 0 aliphatic heterocycles. The van der Waals surface area contributed by atoms with Crippen LogP contribution in [0.1, 0.15) is 19.4 Å². The van der Waals surface area contributed by atoms with Gasteiger partial charge in [0.25, 0.3) is 0 Å². The topological polar surface area (TPSA) is 91.8 Å². The molecule has 166 valence electrons. The fourth-order valence-electron chi connectivity index (χ4n) is 2.43. The fourth-order valence-corrected chi connectivity index (χ4v) is 3.16. The lowest BCUT2D eigenvalue weighted by molar-refractivity contribution is 0.223. The molecule has 1 unspecified atom stereocenters. The molecule has 2 aromatic rings. The second-order valence-corrected chi connectivity index (χ2v) is 8.20. The van der Waals surface area contributed by atoms with Crippen LogP contribution in [-0.4, -0.2) is 40.6 Å². The number of ether oxygens (including phenoxy) is 1. The molecule has 0 spiro atoms. The van der Waals surface area contributed by atoms with Crippen LogP contribution in [-0.2, 0) is 16.6 Å². The summed E-state index contributed by atoms with van der Waals surface area (Å²) in [5.41, 5.74) is 0.882. The average Bonchev–Trinajstić information content (AvgIpc) is 2.72. The molecule has 10 heteroatoms. The molecule has 0 amide bonds. The quantitative estimate of drug-likeness (QED) is 0.254. The maximum atomic E-state index is 13.0. The summed E-state index contributed by atoms with van der Waals surface area (Å²) in [6, 6.07) is 12.5. The van der Waals surface area contributed by atoms with Gasteiger partial charge in [0.2, 0.25) is 10.0 Å². The Balaban J connectivity index is 0.00000450. The Morgan fingerprint density at radius 3 is 2.30 bits per heavy atom. The van der Waals surface area contributed by atoms with Crippen LogP contribution >= 0.6 is 24.0 Å². The van der Waals surface area contributed by atoms with Gasteiger partial charge in [-0.25, -0.2) is 22.5 Å². The molecular formula is C20H28FIN4O3S. The van der Waals surface area contributed by atoms with E-state index in [1.54, 1.807) is 36.4 Å². The van der Waals surface area contributed by atoms with Crippen molar-refractivity contribution in [2.45, 2.75) is 31.4 Å². The Hall–Kier alpha value is -1.92. The number of nitrogens with one attached hydrogen (secondary N) is 3. The highest BCUT2D eigenvalue weighted by Gasteiger charge is 2.10. The van der Waals surface area contributed by atoms with Gasteiger partial charge in [-0.1, -0.05) is 12.1 Å². The number of aliphatic imine (C=N–C) groups is 1. The largest absolute Gasteiger partial charge is 0.489 e. The summed E-state index contributed by atoms with van der Waals surface area (Å²) in [6.45, 7) is 5.46. The third-order valence-corrected chi connectivity index (χ3v) is 5.40. The molecule has 0 radical (unpaired) electrons. The monoisotopic (exact) mass is 550 g/mol. The molecule has 0 bridgehead atoms. The third kappa shape index (κ3) is 8.44. The van der Waals surface area contributed by atoms with Gasteiger partial charge < -0.3 is 15.4 Å². The van der Waals surface area contributed by atoms with E-state index in [0.29, 0.717) is 31.3 Å². The van der Waals surface area contributed by atoms with E-state index >= 15 is 0 Å². The highest BCUT2D eigenvalue weighted by Crippen LogP contribution is 2.13. The zero-order chi connectivity index (χ0) is 21.3. The standard InChI is InChI=1S/C20H27FN4O3S.HI/c1-4-23-20(24-13-15(2)28-18-9-7-17(21)8-10-18)25-14-16-5-11-19(12-6-16)29(26,27)22-3;/h5-12,15,22H,4,13-14H2,1-3H3,(H2,23,24,25);1H. The maximum Gasteiger partial charge on any atom is 0.240 e. The molecular weight excluding hydrogens is 522 g/mol. The van der Waals surface area contributed by atoms with Crippen LogP contribution < -0.4 is 20.1 Å². The van der Waals surface area contributed by atoms with Crippen molar-refractivity contribution < 1.29 is 17.5 Å². The van der Waals surface area contributed by atoms with E-state index in [1.807, 2.05) is 13.8 Å². The highest BCUT2D eigenvalue weighted by molar-refractivity contribution is 14.0. The third-order valence-electron chi connectivity index (χ3n) is 3.97. The van der Waals surface area contributed by atoms with Gasteiger partial charge in [0.15, 0.2) is 5.96 Å². The molecule has 0 fully saturated rings. The van der Waals surface area contributed by atoms with Crippen molar-refractivity contribution in [3.05, 3.63) is 59.9 Å². The fraction of sp³-hybridized carbons (Fsp3) is 0.350. The van der Waals surface area contributed by atoms with E-state index in [0.717, 1.165) is 5.56 Å². The summed E-state index contributed by atoms with van der Waals surface area (Å²) >= 11 is 0. The lowest BCUT2D eigenvalue weighted by Gasteiger charge is -2.17. The van der Waals surface area contributed by atoms with E-state index in [2.05, 4.69) is 20.3 Å². The predicted molar refractivity (Wildman–Crippen MR) is 127 cm³/mol. The number of nitrogens with zero attached hydrogens (tertiary/aromatic N) is 1. The van der Waals surface area contributed by atoms with Gasteiger partial charge in [0.05, 0.1) is 18.0 Å². The van der Waals surface area contributed by atoms with Crippen LogP contribution in [0.3, 0.4) is 0 Å². The average molecular weight is 550 g/mol. The number of halogens is 2. The first-order chi connectivity index (χ1) is 13.8. The molecule has 7 nitrogen and oxygen atoms in total. The number of hydrogen-bond donors (Lipinski definition) is 3. The normalized spacial score (nSPS) is 12.6. The van der Waals surface area contributed by atoms with E-state index in [4.69, 9.17) is 4.74 Å². The SMILES string of the molecule is CCNC(=NCc1ccc(S(=O)(=O)NC)cc1)NCC(C)Oc1ccc(F)cc1.I. The van der Waals surface area contributed by atoms with Gasteiger partial charge in [-0.15, -0.1) is 24.0 Å². The van der Waals surface area contributed by atoms with E-state index in [9.17, 15) is 12.8 Å². The number of guanidine groups is 1. The number of sulfonamides is 1. The second kappa shape index (κ2) is 12.7. The summed E-state index contributed by atoms with van der Waals surface area (Å²) in [5.74, 6) is 0.912. The zero-order valence-corrected chi connectivity index (χ0v) is 20.3. The Morgan fingerprint density at radius 1 is 1.10 bits per heavy atom. The highest BCUT2D eigenvalue weighted by atomic mass is 127. The Morgan fingerprint density at radius 2 is 1.73 bits per heavy atom. The van der Waals surface area contributed by atoms with Gasteiger partial charge in [-0.05, 0) is 62.9 Å². The van der Waals surface area contributed by atoms with Crippen LogP contribution in [0.25, 0.3) is 0 Å².